The molecule has 2 aromatic rings. The van der Waals surface area contributed by atoms with Crippen LogP contribution in [0.5, 0.6) is 0 Å². The number of nitrogens with zero attached hydrogens (tertiary/aromatic N) is 2. The van der Waals surface area contributed by atoms with E-state index in [1.807, 2.05) is 30.3 Å². The summed E-state index contributed by atoms with van der Waals surface area (Å²) in [6.45, 7) is 4.07. The van der Waals surface area contributed by atoms with Crippen LogP contribution in [0.25, 0.3) is 11.5 Å². The normalized spacial score (nSPS) is 22.3. The van der Waals surface area contributed by atoms with Gasteiger partial charge < -0.3 is 9.73 Å². The van der Waals surface area contributed by atoms with Crippen LogP contribution >= 0.6 is 0 Å². The van der Waals surface area contributed by atoms with Gasteiger partial charge in [-0.25, -0.2) is 0 Å². The first kappa shape index (κ1) is 14.3. The summed E-state index contributed by atoms with van der Waals surface area (Å²) in [6, 6.07) is 9.89. The Hall–Kier alpha value is -1.68. The van der Waals surface area contributed by atoms with Crippen molar-refractivity contribution in [1.29, 1.82) is 0 Å². The van der Waals surface area contributed by atoms with Crippen LogP contribution in [0.3, 0.4) is 0 Å². The molecular formula is C17H23N3O. The summed E-state index contributed by atoms with van der Waals surface area (Å²) >= 11 is 0. The lowest BCUT2D eigenvalue weighted by Crippen LogP contribution is -2.29. The molecular weight excluding hydrogens is 262 g/mol. The highest BCUT2D eigenvalue weighted by Gasteiger charge is 2.20. The molecule has 2 atom stereocenters. The van der Waals surface area contributed by atoms with Gasteiger partial charge in [0.05, 0.1) is 6.54 Å². The van der Waals surface area contributed by atoms with E-state index in [1.54, 1.807) is 0 Å². The third kappa shape index (κ3) is 3.70. The maximum absolute atomic E-state index is 5.70. The van der Waals surface area contributed by atoms with Gasteiger partial charge in [-0.2, -0.15) is 0 Å². The number of benzene rings is 1. The lowest BCUT2D eigenvalue weighted by atomic mass is 9.80. The molecule has 1 aliphatic carbocycles. The summed E-state index contributed by atoms with van der Waals surface area (Å²) < 4.78 is 5.70. The Balaban J connectivity index is 1.51. The van der Waals surface area contributed by atoms with Gasteiger partial charge in [-0.05, 0) is 36.9 Å². The van der Waals surface area contributed by atoms with Gasteiger partial charge >= 0.3 is 0 Å². The number of rotatable bonds is 5. The van der Waals surface area contributed by atoms with E-state index in [-0.39, 0.29) is 0 Å². The number of hydrogen-bond acceptors (Lipinski definition) is 4. The largest absolute Gasteiger partial charge is 0.419 e. The highest BCUT2D eigenvalue weighted by atomic mass is 16.4. The van der Waals surface area contributed by atoms with Crippen molar-refractivity contribution in [3.63, 3.8) is 0 Å². The predicted octanol–water partition coefficient (Wildman–Crippen LogP) is 3.65. The van der Waals surface area contributed by atoms with Crippen molar-refractivity contribution in [2.45, 2.75) is 39.2 Å². The minimum absolute atomic E-state index is 0.596. The van der Waals surface area contributed by atoms with E-state index >= 15 is 0 Å². The molecule has 3 rings (SSSR count). The topological polar surface area (TPSA) is 51.0 Å². The first-order valence-corrected chi connectivity index (χ1v) is 7.91. The molecule has 0 amide bonds. The molecule has 112 valence electrons. The quantitative estimate of drug-likeness (QED) is 0.911. The Morgan fingerprint density at radius 3 is 2.76 bits per heavy atom. The lowest BCUT2D eigenvalue weighted by Gasteiger charge is -2.28. The van der Waals surface area contributed by atoms with Crippen LogP contribution in [0.15, 0.2) is 34.7 Å². The molecule has 0 spiro atoms. The standard InChI is InChI=1S/C17H23N3O/c1-13-7-5-6-10-15(13)11-18-12-16-19-20-17(21-16)14-8-3-2-4-9-14/h2-4,8-9,13,15,18H,5-7,10-12H2,1H3. The van der Waals surface area contributed by atoms with Crippen LogP contribution in [0.1, 0.15) is 38.5 Å². The zero-order valence-corrected chi connectivity index (χ0v) is 12.6. The van der Waals surface area contributed by atoms with Crippen molar-refractivity contribution in [2.75, 3.05) is 6.54 Å². The Bertz CT molecular complexity index is 552. The average molecular weight is 285 g/mol. The van der Waals surface area contributed by atoms with Gasteiger partial charge in [0.1, 0.15) is 0 Å². The van der Waals surface area contributed by atoms with Crippen molar-refractivity contribution in [3.05, 3.63) is 36.2 Å². The fraction of sp³-hybridized carbons (Fsp3) is 0.529. The molecule has 0 radical (unpaired) electrons. The molecule has 1 aromatic heterocycles. The smallest absolute Gasteiger partial charge is 0.247 e. The van der Waals surface area contributed by atoms with Crippen LogP contribution in [0, 0.1) is 11.8 Å². The molecule has 0 aliphatic heterocycles. The van der Waals surface area contributed by atoms with Gasteiger partial charge in [-0.1, -0.05) is 44.4 Å². The molecule has 1 saturated carbocycles. The SMILES string of the molecule is CC1CCCCC1CNCc1nnc(-c2ccccc2)o1. The first-order chi connectivity index (χ1) is 10.3. The van der Waals surface area contributed by atoms with Gasteiger partial charge in [0.2, 0.25) is 11.8 Å². The molecule has 1 heterocycles. The molecule has 4 nitrogen and oxygen atoms in total. The van der Waals surface area contributed by atoms with E-state index in [1.165, 1.54) is 25.7 Å². The van der Waals surface area contributed by atoms with E-state index < -0.39 is 0 Å². The summed E-state index contributed by atoms with van der Waals surface area (Å²) in [5.74, 6) is 2.87. The third-order valence-electron chi connectivity index (χ3n) is 4.46. The Kier molecular flexibility index (Phi) is 4.65. The maximum atomic E-state index is 5.70. The van der Waals surface area contributed by atoms with E-state index in [9.17, 15) is 0 Å². The van der Waals surface area contributed by atoms with Crippen molar-refractivity contribution in [1.82, 2.24) is 15.5 Å². The van der Waals surface area contributed by atoms with Gasteiger partial charge in [0, 0.05) is 5.56 Å². The van der Waals surface area contributed by atoms with Crippen molar-refractivity contribution in [3.8, 4) is 11.5 Å². The van der Waals surface area contributed by atoms with Crippen LogP contribution < -0.4 is 5.32 Å². The second-order valence-corrected chi connectivity index (χ2v) is 6.02. The Labute approximate surface area is 126 Å². The Morgan fingerprint density at radius 1 is 1.14 bits per heavy atom. The highest BCUT2D eigenvalue weighted by Crippen LogP contribution is 2.28. The minimum Gasteiger partial charge on any atom is -0.419 e. The Morgan fingerprint density at radius 2 is 1.95 bits per heavy atom. The monoisotopic (exact) mass is 285 g/mol. The third-order valence-corrected chi connectivity index (χ3v) is 4.46. The summed E-state index contributed by atoms with van der Waals surface area (Å²) in [5, 5.41) is 11.7. The molecule has 1 aliphatic rings. The molecule has 0 saturated heterocycles. The van der Waals surface area contributed by atoms with E-state index in [0.29, 0.717) is 18.3 Å². The molecule has 0 bridgehead atoms. The van der Waals surface area contributed by atoms with Crippen LogP contribution in [-0.2, 0) is 6.54 Å². The molecule has 1 fully saturated rings. The summed E-state index contributed by atoms with van der Waals surface area (Å²) in [4.78, 5) is 0. The average Bonchev–Trinajstić information content (AvgIpc) is 2.99. The molecule has 4 heteroatoms. The van der Waals surface area contributed by atoms with Crippen LogP contribution in [-0.4, -0.2) is 16.7 Å². The van der Waals surface area contributed by atoms with Gasteiger partial charge in [-0.15, -0.1) is 10.2 Å². The fourth-order valence-corrected chi connectivity index (χ4v) is 3.08. The lowest BCUT2D eigenvalue weighted by molar-refractivity contribution is 0.245. The number of nitrogens with one attached hydrogen (secondary N) is 1. The number of aromatic nitrogens is 2. The highest BCUT2D eigenvalue weighted by molar-refractivity contribution is 5.51. The zero-order chi connectivity index (χ0) is 14.5. The summed E-state index contributed by atoms with van der Waals surface area (Å²) in [6.07, 6.45) is 5.47. The van der Waals surface area contributed by atoms with Crippen molar-refractivity contribution >= 4 is 0 Å². The predicted molar refractivity (Wildman–Crippen MR) is 82.6 cm³/mol. The summed E-state index contributed by atoms with van der Waals surface area (Å²) in [7, 11) is 0. The van der Waals surface area contributed by atoms with E-state index in [0.717, 1.165) is 23.9 Å². The van der Waals surface area contributed by atoms with E-state index in [2.05, 4.69) is 22.4 Å². The number of hydrogen-bond donors (Lipinski definition) is 1. The zero-order valence-electron chi connectivity index (χ0n) is 12.6. The molecule has 1 aromatic carbocycles. The second kappa shape index (κ2) is 6.85. The molecule has 2 unspecified atom stereocenters. The minimum atomic E-state index is 0.596. The first-order valence-electron chi connectivity index (χ1n) is 7.91. The maximum Gasteiger partial charge on any atom is 0.247 e. The van der Waals surface area contributed by atoms with Crippen LogP contribution in [0.4, 0.5) is 0 Å². The van der Waals surface area contributed by atoms with Gasteiger partial charge in [0.25, 0.3) is 0 Å². The fourth-order valence-electron chi connectivity index (χ4n) is 3.08. The second-order valence-electron chi connectivity index (χ2n) is 6.02. The molecule has 1 N–H and O–H groups in total. The van der Waals surface area contributed by atoms with Gasteiger partial charge in [0.15, 0.2) is 0 Å². The van der Waals surface area contributed by atoms with Crippen molar-refractivity contribution < 1.29 is 4.42 Å². The summed E-state index contributed by atoms with van der Waals surface area (Å²) in [5.41, 5.74) is 0.970. The van der Waals surface area contributed by atoms with Crippen LogP contribution in [0.2, 0.25) is 0 Å². The molecule has 21 heavy (non-hydrogen) atoms. The van der Waals surface area contributed by atoms with E-state index in [4.69, 9.17) is 4.42 Å². The van der Waals surface area contributed by atoms with Gasteiger partial charge in [-0.3, -0.25) is 0 Å². The van der Waals surface area contributed by atoms with Crippen molar-refractivity contribution in [2.24, 2.45) is 11.8 Å².